The molecule has 1 atom stereocenters. The van der Waals surface area contributed by atoms with Crippen LogP contribution in [0.2, 0.25) is 0 Å². The average molecular weight is 288 g/mol. The van der Waals surface area contributed by atoms with E-state index in [0.717, 1.165) is 0 Å². The van der Waals surface area contributed by atoms with Gasteiger partial charge in [0.05, 0.1) is 11.8 Å². The Hall–Kier alpha value is -0.910. The first-order valence-electron chi connectivity index (χ1n) is 4.91. The highest BCUT2D eigenvalue weighted by Gasteiger charge is 2.14. The molecule has 0 aliphatic heterocycles. The molecule has 0 fully saturated rings. The lowest BCUT2D eigenvalue weighted by Crippen LogP contribution is -2.11. The molecule has 16 heavy (non-hydrogen) atoms. The number of benzene rings is 1. The SMILES string of the molecule is CC(=O)Nc1c(Br)cccc1C(O)CCO. The molecule has 0 radical (unpaired) electrons. The van der Waals surface area contributed by atoms with Gasteiger partial charge in [0.25, 0.3) is 0 Å². The fraction of sp³-hybridized carbons (Fsp3) is 0.364. The molecule has 1 aromatic carbocycles. The van der Waals surface area contributed by atoms with Crippen LogP contribution >= 0.6 is 15.9 Å². The van der Waals surface area contributed by atoms with Gasteiger partial charge in [0.2, 0.25) is 5.91 Å². The summed E-state index contributed by atoms with van der Waals surface area (Å²) in [6.45, 7) is 1.30. The van der Waals surface area contributed by atoms with Gasteiger partial charge in [-0.1, -0.05) is 12.1 Å². The van der Waals surface area contributed by atoms with Gasteiger partial charge in [-0.05, 0) is 22.0 Å². The zero-order valence-corrected chi connectivity index (χ0v) is 10.5. The van der Waals surface area contributed by atoms with Crippen molar-refractivity contribution in [2.45, 2.75) is 19.4 Å². The lowest BCUT2D eigenvalue weighted by molar-refractivity contribution is -0.114. The van der Waals surface area contributed by atoms with Crippen molar-refractivity contribution in [2.24, 2.45) is 0 Å². The molecule has 1 amide bonds. The Morgan fingerprint density at radius 2 is 2.25 bits per heavy atom. The third kappa shape index (κ3) is 3.30. The predicted molar refractivity (Wildman–Crippen MR) is 65.1 cm³/mol. The first kappa shape index (κ1) is 13.2. The van der Waals surface area contributed by atoms with Crippen LogP contribution in [-0.2, 0) is 4.79 Å². The summed E-state index contributed by atoms with van der Waals surface area (Å²) in [5.41, 5.74) is 1.15. The van der Waals surface area contributed by atoms with Crippen molar-refractivity contribution < 1.29 is 15.0 Å². The van der Waals surface area contributed by atoms with Gasteiger partial charge < -0.3 is 15.5 Å². The van der Waals surface area contributed by atoms with E-state index in [1.807, 2.05) is 0 Å². The number of amides is 1. The van der Waals surface area contributed by atoms with Gasteiger partial charge in [0.15, 0.2) is 0 Å². The molecule has 0 aromatic heterocycles. The summed E-state index contributed by atoms with van der Waals surface area (Å²) in [6.07, 6.45) is -0.549. The first-order chi connectivity index (χ1) is 7.56. The second-order valence-corrected chi connectivity index (χ2v) is 4.27. The molecular weight excluding hydrogens is 274 g/mol. The standard InChI is InChI=1S/C11H14BrNO3/c1-7(15)13-11-8(10(16)5-6-14)3-2-4-9(11)12/h2-4,10,14,16H,5-6H2,1H3,(H,13,15). The maximum Gasteiger partial charge on any atom is 0.221 e. The van der Waals surface area contributed by atoms with Crippen molar-refractivity contribution in [1.29, 1.82) is 0 Å². The highest BCUT2D eigenvalue weighted by Crippen LogP contribution is 2.31. The number of nitrogens with one attached hydrogen (secondary N) is 1. The van der Waals surface area contributed by atoms with Crippen LogP contribution in [0.1, 0.15) is 25.0 Å². The number of aliphatic hydroxyl groups is 2. The summed E-state index contributed by atoms with van der Waals surface area (Å²) < 4.78 is 0.706. The number of para-hydroxylation sites is 1. The van der Waals surface area contributed by atoms with E-state index in [1.165, 1.54) is 6.92 Å². The molecule has 0 aliphatic carbocycles. The zero-order valence-electron chi connectivity index (χ0n) is 8.90. The number of hydrogen-bond donors (Lipinski definition) is 3. The lowest BCUT2D eigenvalue weighted by atomic mass is 10.0. The minimum absolute atomic E-state index is 0.104. The van der Waals surface area contributed by atoms with Crippen LogP contribution in [0.15, 0.2) is 22.7 Å². The van der Waals surface area contributed by atoms with E-state index in [1.54, 1.807) is 18.2 Å². The van der Waals surface area contributed by atoms with Gasteiger partial charge in [0, 0.05) is 30.0 Å². The van der Waals surface area contributed by atoms with Gasteiger partial charge in [-0.25, -0.2) is 0 Å². The fourth-order valence-electron chi connectivity index (χ4n) is 1.40. The van der Waals surface area contributed by atoms with Crippen molar-refractivity contribution >= 4 is 27.5 Å². The van der Waals surface area contributed by atoms with E-state index < -0.39 is 6.10 Å². The summed E-state index contributed by atoms with van der Waals surface area (Å²) in [4.78, 5) is 11.0. The van der Waals surface area contributed by atoms with Gasteiger partial charge in [0.1, 0.15) is 0 Å². The predicted octanol–water partition coefficient (Wildman–Crippen LogP) is 1.82. The minimum atomic E-state index is -0.788. The molecule has 88 valence electrons. The number of carbonyl (C=O) groups is 1. The first-order valence-corrected chi connectivity index (χ1v) is 5.70. The molecule has 0 aliphatic rings. The van der Waals surface area contributed by atoms with Gasteiger partial charge in [-0.15, -0.1) is 0 Å². The molecule has 4 nitrogen and oxygen atoms in total. The molecule has 0 heterocycles. The Balaban J connectivity index is 3.06. The summed E-state index contributed by atoms with van der Waals surface area (Å²) in [7, 11) is 0. The topological polar surface area (TPSA) is 69.6 Å². The summed E-state index contributed by atoms with van der Waals surface area (Å²) >= 11 is 3.31. The maximum atomic E-state index is 11.0. The van der Waals surface area contributed by atoms with Crippen LogP contribution < -0.4 is 5.32 Å². The van der Waals surface area contributed by atoms with Crippen molar-refractivity contribution in [3.63, 3.8) is 0 Å². The monoisotopic (exact) mass is 287 g/mol. The normalized spacial score (nSPS) is 12.2. The average Bonchev–Trinajstić information content (AvgIpc) is 2.20. The van der Waals surface area contributed by atoms with Crippen LogP contribution in [-0.4, -0.2) is 22.7 Å². The highest BCUT2D eigenvalue weighted by atomic mass is 79.9. The minimum Gasteiger partial charge on any atom is -0.396 e. The Morgan fingerprint density at radius 3 is 2.81 bits per heavy atom. The zero-order chi connectivity index (χ0) is 12.1. The molecule has 3 N–H and O–H groups in total. The van der Waals surface area contributed by atoms with Gasteiger partial charge in [-0.3, -0.25) is 4.79 Å². The summed E-state index contributed by atoms with van der Waals surface area (Å²) in [5, 5.41) is 21.2. The summed E-state index contributed by atoms with van der Waals surface area (Å²) in [6, 6.07) is 5.27. The van der Waals surface area contributed by atoms with E-state index >= 15 is 0 Å². The third-order valence-electron chi connectivity index (χ3n) is 2.11. The van der Waals surface area contributed by atoms with Crippen LogP contribution in [0.3, 0.4) is 0 Å². The lowest BCUT2D eigenvalue weighted by Gasteiger charge is -2.16. The van der Waals surface area contributed by atoms with Crippen LogP contribution in [0.25, 0.3) is 0 Å². The fourth-order valence-corrected chi connectivity index (χ4v) is 1.88. The van der Waals surface area contributed by atoms with E-state index in [0.29, 0.717) is 15.7 Å². The van der Waals surface area contributed by atoms with Crippen molar-refractivity contribution in [3.05, 3.63) is 28.2 Å². The Labute approximate surface area is 102 Å². The number of halogens is 1. The summed E-state index contributed by atoms with van der Waals surface area (Å²) in [5.74, 6) is -0.204. The second-order valence-electron chi connectivity index (χ2n) is 3.41. The van der Waals surface area contributed by atoms with Gasteiger partial charge >= 0.3 is 0 Å². The van der Waals surface area contributed by atoms with Crippen molar-refractivity contribution in [3.8, 4) is 0 Å². The van der Waals surface area contributed by atoms with Gasteiger partial charge in [-0.2, -0.15) is 0 Å². The Bertz CT molecular complexity index is 381. The second kappa shape index (κ2) is 5.98. The number of anilines is 1. The third-order valence-corrected chi connectivity index (χ3v) is 2.77. The number of aliphatic hydroxyl groups excluding tert-OH is 2. The van der Waals surface area contributed by atoms with E-state index in [-0.39, 0.29) is 18.9 Å². The Kier molecular flexibility index (Phi) is 4.92. The molecule has 0 bridgehead atoms. The van der Waals surface area contributed by atoms with Crippen molar-refractivity contribution in [2.75, 3.05) is 11.9 Å². The smallest absolute Gasteiger partial charge is 0.221 e. The van der Waals surface area contributed by atoms with E-state index in [9.17, 15) is 9.90 Å². The van der Waals surface area contributed by atoms with Crippen LogP contribution in [0.5, 0.6) is 0 Å². The molecule has 0 saturated heterocycles. The number of hydrogen-bond acceptors (Lipinski definition) is 3. The van der Waals surface area contributed by atoms with E-state index in [4.69, 9.17) is 5.11 Å². The van der Waals surface area contributed by atoms with E-state index in [2.05, 4.69) is 21.2 Å². The molecule has 1 unspecified atom stereocenters. The van der Waals surface area contributed by atoms with Crippen molar-refractivity contribution in [1.82, 2.24) is 0 Å². The Morgan fingerprint density at radius 1 is 1.56 bits per heavy atom. The quantitative estimate of drug-likeness (QED) is 0.791. The molecule has 0 spiro atoms. The highest BCUT2D eigenvalue weighted by molar-refractivity contribution is 9.10. The number of rotatable bonds is 4. The molecule has 5 heteroatoms. The largest absolute Gasteiger partial charge is 0.396 e. The number of carbonyl (C=O) groups excluding carboxylic acids is 1. The van der Waals surface area contributed by atoms with Crippen LogP contribution in [0.4, 0.5) is 5.69 Å². The van der Waals surface area contributed by atoms with Crippen LogP contribution in [0, 0.1) is 0 Å². The maximum absolute atomic E-state index is 11.0. The molecule has 0 saturated carbocycles. The molecule has 1 aromatic rings. The molecular formula is C11H14BrNO3. The molecule has 1 rings (SSSR count).